The van der Waals surface area contributed by atoms with Gasteiger partial charge in [0.25, 0.3) is 0 Å². The summed E-state index contributed by atoms with van der Waals surface area (Å²) in [5.41, 5.74) is 2.59. The molecular formula is C19H29IN4S. The van der Waals surface area contributed by atoms with Gasteiger partial charge in [0.2, 0.25) is 0 Å². The molecular weight excluding hydrogens is 443 g/mol. The lowest BCUT2D eigenvalue weighted by Crippen LogP contribution is -2.36. The van der Waals surface area contributed by atoms with Crippen molar-refractivity contribution in [3.63, 3.8) is 0 Å². The minimum Gasteiger partial charge on any atom is -0.352 e. The average molecular weight is 472 g/mol. The molecule has 4 nitrogen and oxygen atoms in total. The summed E-state index contributed by atoms with van der Waals surface area (Å²) in [6.07, 6.45) is 1.10. The fourth-order valence-electron chi connectivity index (χ4n) is 2.49. The van der Waals surface area contributed by atoms with Crippen molar-refractivity contribution < 1.29 is 0 Å². The van der Waals surface area contributed by atoms with E-state index in [9.17, 15) is 0 Å². The third-order valence-electron chi connectivity index (χ3n) is 3.67. The summed E-state index contributed by atoms with van der Waals surface area (Å²) in [6.45, 7) is 4.73. The lowest BCUT2D eigenvalue weighted by atomic mass is 10.1. The van der Waals surface area contributed by atoms with E-state index in [4.69, 9.17) is 0 Å². The molecule has 1 aromatic carbocycles. The highest BCUT2D eigenvalue weighted by atomic mass is 127. The van der Waals surface area contributed by atoms with E-state index in [0.29, 0.717) is 0 Å². The fraction of sp³-hybridized carbons (Fsp3) is 0.421. The molecule has 0 aliphatic heterocycles. The molecule has 0 aliphatic rings. The number of hydrogen-bond acceptors (Lipinski definition) is 3. The molecule has 0 amide bonds. The van der Waals surface area contributed by atoms with Gasteiger partial charge in [0, 0.05) is 29.9 Å². The molecule has 0 saturated carbocycles. The molecule has 138 valence electrons. The topological polar surface area (TPSA) is 39.7 Å². The second-order valence-electron chi connectivity index (χ2n) is 6.06. The van der Waals surface area contributed by atoms with Gasteiger partial charge in [-0.3, -0.25) is 4.99 Å². The van der Waals surface area contributed by atoms with Crippen LogP contribution in [-0.2, 0) is 26.1 Å². The molecule has 6 heteroatoms. The number of nitrogens with one attached hydrogen (secondary N) is 2. The zero-order valence-corrected chi connectivity index (χ0v) is 18.7. The maximum Gasteiger partial charge on any atom is 0.191 e. The molecule has 0 unspecified atom stereocenters. The smallest absolute Gasteiger partial charge is 0.191 e. The Balaban J connectivity index is 0.00000312. The van der Waals surface area contributed by atoms with Gasteiger partial charge in [0.15, 0.2) is 5.96 Å². The largest absolute Gasteiger partial charge is 0.352 e. The Bertz CT molecular complexity index is 667. The highest BCUT2D eigenvalue weighted by Gasteiger charge is 2.03. The summed E-state index contributed by atoms with van der Waals surface area (Å²) >= 11 is 1.86. The monoisotopic (exact) mass is 472 g/mol. The summed E-state index contributed by atoms with van der Waals surface area (Å²) in [4.78, 5) is 9.25. The van der Waals surface area contributed by atoms with Crippen LogP contribution in [0.2, 0.25) is 0 Å². The van der Waals surface area contributed by atoms with Gasteiger partial charge < -0.3 is 15.5 Å². The number of aliphatic imine (C=N–C) groups is 1. The third-order valence-corrected chi connectivity index (χ3v) is 4.90. The van der Waals surface area contributed by atoms with Gasteiger partial charge >= 0.3 is 0 Å². The number of benzene rings is 1. The van der Waals surface area contributed by atoms with E-state index in [-0.39, 0.29) is 24.0 Å². The molecule has 0 spiro atoms. The van der Waals surface area contributed by atoms with E-state index >= 15 is 0 Å². The van der Waals surface area contributed by atoms with E-state index in [2.05, 4.69) is 77.9 Å². The Labute approximate surface area is 172 Å². The molecule has 0 radical (unpaired) electrons. The van der Waals surface area contributed by atoms with Crippen molar-refractivity contribution in [2.45, 2.75) is 33.0 Å². The van der Waals surface area contributed by atoms with Crippen molar-refractivity contribution in [2.24, 2.45) is 4.99 Å². The van der Waals surface area contributed by atoms with Gasteiger partial charge in [-0.1, -0.05) is 31.2 Å². The number of nitrogens with zero attached hydrogens (tertiary/aromatic N) is 2. The van der Waals surface area contributed by atoms with Gasteiger partial charge in [0.05, 0.1) is 6.54 Å². The van der Waals surface area contributed by atoms with E-state index in [1.807, 2.05) is 18.4 Å². The molecule has 1 aromatic heterocycles. The van der Waals surface area contributed by atoms with Crippen molar-refractivity contribution >= 4 is 41.3 Å². The van der Waals surface area contributed by atoms with Gasteiger partial charge in [-0.2, -0.15) is 0 Å². The highest BCUT2D eigenvalue weighted by Crippen LogP contribution is 2.16. The molecule has 25 heavy (non-hydrogen) atoms. The van der Waals surface area contributed by atoms with Crippen LogP contribution in [0.5, 0.6) is 0 Å². The third kappa shape index (κ3) is 7.75. The van der Waals surface area contributed by atoms with E-state index in [1.54, 1.807) is 0 Å². The normalized spacial score (nSPS) is 11.3. The summed E-state index contributed by atoms with van der Waals surface area (Å²) in [6, 6.07) is 13.1. The van der Waals surface area contributed by atoms with Gasteiger partial charge in [-0.25, -0.2) is 0 Å². The molecule has 2 aromatic rings. The quantitative estimate of drug-likeness (QED) is 0.365. The second kappa shape index (κ2) is 11.5. The Kier molecular flexibility index (Phi) is 10.1. The molecule has 0 saturated heterocycles. The molecule has 1 heterocycles. The van der Waals surface area contributed by atoms with Crippen LogP contribution in [0.1, 0.15) is 27.8 Å². The lowest BCUT2D eigenvalue weighted by Gasteiger charge is -2.13. The van der Waals surface area contributed by atoms with Crippen molar-refractivity contribution in [1.29, 1.82) is 0 Å². The second-order valence-corrected chi connectivity index (χ2v) is 7.31. The van der Waals surface area contributed by atoms with E-state index < -0.39 is 0 Å². The predicted octanol–water partition coefficient (Wildman–Crippen LogP) is 3.86. The molecule has 2 rings (SSSR count). The van der Waals surface area contributed by atoms with Crippen molar-refractivity contribution in [3.8, 4) is 0 Å². The van der Waals surface area contributed by atoms with Crippen molar-refractivity contribution in [1.82, 2.24) is 15.5 Å². The first-order valence-corrected chi connectivity index (χ1v) is 9.17. The van der Waals surface area contributed by atoms with E-state index in [0.717, 1.165) is 32.0 Å². The number of thiophene rings is 1. The van der Waals surface area contributed by atoms with Crippen LogP contribution in [0.25, 0.3) is 0 Å². The van der Waals surface area contributed by atoms with Crippen LogP contribution >= 0.6 is 35.3 Å². The van der Waals surface area contributed by atoms with Crippen molar-refractivity contribution in [3.05, 3.63) is 57.3 Å². The Morgan fingerprint density at radius 3 is 2.36 bits per heavy atom. The van der Waals surface area contributed by atoms with Crippen LogP contribution in [0, 0.1) is 0 Å². The number of halogens is 1. The fourth-order valence-corrected chi connectivity index (χ4v) is 3.39. The SMILES string of the molecule is CCc1ccc(CNC(=NC)NCc2cccc(CN(C)C)c2)s1.I. The van der Waals surface area contributed by atoms with Crippen molar-refractivity contribution in [2.75, 3.05) is 21.1 Å². The maximum absolute atomic E-state index is 4.31. The van der Waals surface area contributed by atoms with Crippen LogP contribution < -0.4 is 10.6 Å². The summed E-state index contributed by atoms with van der Waals surface area (Å²) in [5.74, 6) is 0.833. The Morgan fingerprint density at radius 2 is 1.72 bits per heavy atom. The minimum atomic E-state index is 0. The standard InChI is InChI=1S/C19H28N4S.HI/c1-5-17-9-10-18(24-17)13-22-19(20-2)21-12-15-7-6-8-16(11-15)14-23(3)4;/h6-11H,5,12-14H2,1-4H3,(H2,20,21,22);1H. The van der Waals surface area contributed by atoms with Gasteiger partial charge in [-0.15, -0.1) is 35.3 Å². The highest BCUT2D eigenvalue weighted by molar-refractivity contribution is 14.0. The summed E-state index contributed by atoms with van der Waals surface area (Å²) in [7, 11) is 5.99. The maximum atomic E-state index is 4.31. The van der Waals surface area contributed by atoms with Gasteiger partial charge in [0.1, 0.15) is 0 Å². The molecule has 0 bridgehead atoms. The molecule has 2 N–H and O–H groups in total. The van der Waals surface area contributed by atoms with Crippen LogP contribution in [0.4, 0.5) is 0 Å². The lowest BCUT2D eigenvalue weighted by molar-refractivity contribution is 0.402. The number of rotatable bonds is 7. The number of guanidine groups is 1. The van der Waals surface area contributed by atoms with E-state index in [1.165, 1.54) is 20.9 Å². The first-order chi connectivity index (χ1) is 11.6. The Morgan fingerprint density at radius 1 is 1.04 bits per heavy atom. The Hall–Kier alpha value is -1.12. The first-order valence-electron chi connectivity index (χ1n) is 8.35. The number of hydrogen-bond donors (Lipinski definition) is 2. The molecule has 0 aliphatic carbocycles. The number of aryl methyl sites for hydroxylation is 1. The summed E-state index contributed by atoms with van der Waals surface area (Å²) in [5, 5.41) is 6.77. The van der Waals surface area contributed by atoms with Crippen LogP contribution in [-0.4, -0.2) is 32.0 Å². The minimum absolute atomic E-state index is 0. The van der Waals surface area contributed by atoms with Crippen LogP contribution in [0.3, 0.4) is 0 Å². The van der Waals surface area contributed by atoms with Crippen LogP contribution in [0.15, 0.2) is 41.4 Å². The predicted molar refractivity (Wildman–Crippen MR) is 120 cm³/mol. The molecule has 0 fully saturated rings. The zero-order valence-electron chi connectivity index (χ0n) is 15.5. The first kappa shape index (κ1) is 21.9. The van der Waals surface area contributed by atoms with Gasteiger partial charge in [-0.05, 0) is 43.8 Å². The average Bonchev–Trinajstić information content (AvgIpc) is 3.03. The summed E-state index contributed by atoms with van der Waals surface area (Å²) < 4.78 is 0. The zero-order chi connectivity index (χ0) is 17.4. The molecule has 0 atom stereocenters.